The molecule has 0 unspecified atom stereocenters. The molecule has 1 heterocycles. The van der Waals surface area contributed by atoms with Crippen molar-refractivity contribution in [1.29, 1.82) is 0 Å². The summed E-state index contributed by atoms with van der Waals surface area (Å²) in [6.07, 6.45) is 0.900. The van der Waals surface area contributed by atoms with Gasteiger partial charge in [-0.2, -0.15) is 0 Å². The zero-order chi connectivity index (χ0) is 13.7. The first-order valence-corrected chi connectivity index (χ1v) is 7.21. The number of rotatable bonds is 6. The number of furan rings is 1. The Kier molecular flexibility index (Phi) is 5.19. The van der Waals surface area contributed by atoms with Gasteiger partial charge >= 0.3 is 0 Å². The maximum Gasteiger partial charge on any atom is 0.134 e. The molecule has 1 aromatic carbocycles. The number of halogens is 1. The quantitative estimate of drug-likeness (QED) is 0.854. The van der Waals surface area contributed by atoms with Crippen LogP contribution in [-0.4, -0.2) is 17.8 Å². The molecule has 0 aliphatic rings. The number of benzene rings is 1. The summed E-state index contributed by atoms with van der Waals surface area (Å²) in [5.41, 5.74) is 1.06. The van der Waals surface area contributed by atoms with Crippen molar-refractivity contribution in [3.8, 4) is 11.3 Å². The van der Waals surface area contributed by atoms with Crippen molar-refractivity contribution in [2.24, 2.45) is 0 Å². The van der Waals surface area contributed by atoms with Crippen molar-refractivity contribution in [3.05, 3.63) is 46.6 Å². The molecule has 0 aliphatic carbocycles. The molecule has 2 aromatic rings. The van der Waals surface area contributed by atoms with Crippen LogP contribution in [0.3, 0.4) is 0 Å². The molecule has 102 valence electrons. The fourth-order valence-electron chi connectivity index (χ4n) is 1.83. The summed E-state index contributed by atoms with van der Waals surface area (Å²) in [5, 5.41) is 12.4. The standard InChI is InChI=1S/C15H18BrNO2/c1-2-13(10-18)17-9-14-7-8-15(19-14)11-3-5-12(16)6-4-11/h3-8,13,17-18H,2,9-10H2,1H3/t13-/m0/s1. The van der Waals surface area contributed by atoms with Crippen molar-refractivity contribution in [2.75, 3.05) is 6.61 Å². The Morgan fingerprint density at radius 2 is 1.95 bits per heavy atom. The van der Waals surface area contributed by atoms with Crippen LogP contribution in [0.1, 0.15) is 19.1 Å². The van der Waals surface area contributed by atoms with Crippen molar-refractivity contribution < 1.29 is 9.52 Å². The van der Waals surface area contributed by atoms with E-state index in [1.54, 1.807) is 0 Å². The van der Waals surface area contributed by atoms with E-state index in [0.29, 0.717) is 6.54 Å². The molecule has 0 fully saturated rings. The molecule has 0 aliphatic heterocycles. The van der Waals surface area contributed by atoms with E-state index in [2.05, 4.69) is 21.2 Å². The second-order valence-electron chi connectivity index (χ2n) is 4.44. The average Bonchev–Trinajstić information content (AvgIpc) is 2.89. The second-order valence-corrected chi connectivity index (χ2v) is 5.36. The van der Waals surface area contributed by atoms with Crippen LogP contribution in [0.4, 0.5) is 0 Å². The van der Waals surface area contributed by atoms with Crippen molar-refractivity contribution >= 4 is 15.9 Å². The number of nitrogens with one attached hydrogen (secondary N) is 1. The molecule has 0 bridgehead atoms. The van der Waals surface area contributed by atoms with Gasteiger partial charge in [-0.25, -0.2) is 0 Å². The van der Waals surface area contributed by atoms with E-state index in [9.17, 15) is 0 Å². The summed E-state index contributed by atoms with van der Waals surface area (Å²) in [7, 11) is 0. The maximum atomic E-state index is 9.12. The van der Waals surface area contributed by atoms with Gasteiger partial charge in [0, 0.05) is 16.1 Å². The summed E-state index contributed by atoms with van der Waals surface area (Å²) >= 11 is 3.42. The first-order chi connectivity index (χ1) is 9.22. The zero-order valence-corrected chi connectivity index (χ0v) is 12.5. The van der Waals surface area contributed by atoms with E-state index in [1.165, 1.54) is 0 Å². The lowest BCUT2D eigenvalue weighted by atomic mass is 10.2. The largest absolute Gasteiger partial charge is 0.460 e. The van der Waals surface area contributed by atoms with Gasteiger partial charge in [-0.15, -0.1) is 0 Å². The lowest BCUT2D eigenvalue weighted by Crippen LogP contribution is -2.30. The highest BCUT2D eigenvalue weighted by molar-refractivity contribution is 9.10. The van der Waals surface area contributed by atoms with Crippen LogP contribution < -0.4 is 5.32 Å². The van der Waals surface area contributed by atoms with E-state index < -0.39 is 0 Å². The first-order valence-electron chi connectivity index (χ1n) is 6.41. The SMILES string of the molecule is CC[C@@H](CO)NCc1ccc(-c2ccc(Br)cc2)o1. The van der Waals surface area contributed by atoms with Gasteiger partial charge in [0.05, 0.1) is 13.2 Å². The smallest absolute Gasteiger partial charge is 0.134 e. The van der Waals surface area contributed by atoms with Crippen molar-refractivity contribution in [1.82, 2.24) is 5.32 Å². The molecule has 2 N–H and O–H groups in total. The summed E-state index contributed by atoms with van der Waals surface area (Å²) in [4.78, 5) is 0. The van der Waals surface area contributed by atoms with Gasteiger partial charge in [-0.3, -0.25) is 0 Å². The molecule has 4 heteroatoms. The van der Waals surface area contributed by atoms with Crippen molar-refractivity contribution in [2.45, 2.75) is 25.9 Å². The minimum atomic E-state index is 0.126. The number of hydrogen-bond donors (Lipinski definition) is 2. The summed E-state index contributed by atoms with van der Waals surface area (Å²) in [5.74, 6) is 1.74. The highest BCUT2D eigenvalue weighted by Gasteiger charge is 2.07. The Labute approximate surface area is 121 Å². The van der Waals surface area contributed by atoms with Crippen LogP contribution in [0.2, 0.25) is 0 Å². The summed E-state index contributed by atoms with van der Waals surface area (Å²) in [6.45, 7) is 2.83. The predicted octanol–water partition coefficient (Wildman–Crippen LogP) is 3.57. The fraction of sp³-hybridized carbons (Fsp3) is 0.333. The van der Waals surface area contributed by atoms with E-state index in [4.69, 9.17) is 9.52 Å². The van der Waals surface area contributed by atoms with E-state index in [-0.39, 0.29) is 12.6 Å². The highest BCUT2D eigenvalue weighted by Crippen LogP contribution is 2.23. The van der Waals surface area contributed by atoms with Crippen LogP contribution in [-0.2, 0) is 6.54 Å². The molecule has 0 saturated carbocycles. The Morgan fingerprint density at radius 1 is 1.21 bits per heavy atom. The van der Waals surface area contributed by atoms with Crippen LogP contribution in [0.15, 0.2) is 45.3 Å². The monoisotopic (exact) mass is 323 g/mol. The molecule has 0 amide bonds. The van der Waals surface area contributed by atoms with Gasteiger partial charge in [-0.1, -0.05) is 35.0 Å². The van der Waals surface area contributed by atoms with Gasteiger partial charge < -0.3 is 14.8 Å². The first kappa shape index (κ1) is 14.3. The molecule has 0 spiro atoms. The molecule has 3 nitrogen and oxygen atoms in total. The van der Waals surface area contributed by atoms with Gasteiger partial charge in [-0.05, 0) is 30.7 Å². The molecule has 1 atom stereocenters. The topological polar surface area (TPSA) is 45.4 Å². The maximum absolute atomic E-state index is 9.12. The van der Waals surface area contributed by atoms with Crippen LogP contribution in [0, 0.1) is 0 Å². The number of aliphatic hydroxyl groups is 1. The van der Waals surface area contributed by atoms with E-state index in [0.717, 1.165) is 28.0 Å². The third-order valence-electron chi connectivity index (χ3n) is 3.07. The van der Waals surface area contributed by atoms with Crippen LogP contribution in [0.5, 0.6) is 0 Å². The lowest BCUT2D eigenvalue weighted by molar-refractivity contribution is 0.235. The minimum absolute atomic E-state index is 0.126. The Bertz CT molecular complexity index is 503. The number of hydrogen-bond acceptors (Lipinski definition) is 3. The van der Waals surface area contributed by atoms with Crippen LogP contribution >= 0.6 is 15.9 Å². The second kappa shape index (κ2) is 6.89. The average molecular weight is 324 g/mol. The Balaban J connectivity index is 2.01. The fourth-order valence-corrected chi connectivity index (χ4v) is 2.09. The lowest BCUT2D eigenvalue weighted by Gasteiger charge is -2.12. The van der Waals surface area contributed by atoms with E-state index >= 15 is 0 Å². The predicted molar refractivity (Wildman–Crippen MR) is 79.8 cm³/mol. The van der Waals surface area contributed by atoms with Gasteiger partial charge in [0.1, 0.15) is 11.5 Å². The van der Waals surface area contributed by atoms with Gasteiger partial charge in [0.2, 0.25) is 0 Å². The van der Waals surface area contributed by atoms with Crippen LogP contribution in [0.25, 0.3) is 11.3 Å². The Morgan fingerprint density at radius 3 is 2.58 bits per heavy atom. The van der Waals surface area contributed by atoms with Gasteiger partial charge in [0.15, 0.2) is 0 Å². The third kappa shape index (κ3) is 3.93. The zero-order valence-electron chi connectivity index (χ0n) is 10.9. The van der Waals surface area contributed by atoms with Crippen molar-refractivity contribution in [3.63, 3.8) is 0 Å². The normalized spacial score (nSPS) is 12.6. The highest BCUT2D eigenvalue weighted by atomic mass is 79.9. The summed E-state index contributed by atoms with van der Waals surface area (Å²) in [6, 6.07) is 12.1. The molecule has 19 heavy (non-hydrogen) atoms. The summed E-state index contributed by atoms with van der Waals surface area (Å²) < 4.78 is 6.84. The minimum Gasteiger partial charge on any atom is -0.460 e. The van der Waals surface area contributed by atoms with E-state index in [1.807, 2.05) is 43.3 Å². The molecule has 1 aromatic heterocycles. The molecular weight excluding hydrogens is 306 g/mol. The number of aliphatic hydroxyl groups excluding tert-OH is 1. The molecule has 0 radical (unpaired) electrons. The van der Waals surface area contributed by atoms with Gasteiger partial charge in [0.25, 0.3) is 0 Å². The Hall–Kier alpha value is -1.10. The molecular formula is C15H18BrNO2. The third-order valence-corrected chi connectivity index (χ3v) is 3.60. The molecule has 2 rings (SSSR count). The molecule has 0 saturated heterocycles.